The zero-order valence-electron chi connectivity index (χ0n) is 17.6. The third kappa shape index (κ3) is 4.56. The van der Waals surface area contributed by atoms with Crippen LogP contribution >= 0.6 is 11.8 Å². The van der Waals surface area contributed by atoms with Crippen LogP contribution < -0.4 is 9.47 Å². The number of methoxy groups -OCH3 is 2. The topological polar surface area (TPSA) is 92.3 Å². The monoisotopic (exact) mass is 428 g/mol. The van der Waals surface area contributed by atoms with Crippen molar-refractivity contribution in [2.24, 2.45) is 0 Å². The average Bonchev–Trinajstić information content (AvgIpc) is 3.08. The summed E-state index contributed by atoms with van der Waals surface area (Å²) >= 11 is 1.31. The van der Waals surface area contributed by atoms with Crippen molar-refractivity contribution in [2.75, 3.05) is 20.8 Å². The number of thioether (sulfide) groups is 1. The lowest BCUT2D eigenvalue weighted by atomic mass is 10.1. The van der Waals surface area contributed by atoms with Crippen molar-refractivity contribution in [2.45, 2.75) is 31.2 Å². The van der Waals surface area contributed by atoms with Crippen LogP contribution in [0, 0.1) is 30.9 Å². The molecule has 30 heavy (non-hydrogen) atoms. The second-order valence-corrected chi connectivity index (χ2v) is 8.04. The lowest BCUT2D eigenvalue weighted by molar-refractivity contribution is -0.479. The van der Waals surface area contributed by atoms with Gasteiger partial charge in [0.2, 0.25) is 6.54 Å². The van der Waals surface area contributed by atoms with E-state index in [0.29, 0.717) is 22.5 Å². The molecule has 1 aromatic heterocycles. The van der Waals surface area contributed by atoms with Gasteiger partial charge in [0.1, 0.15) is 11.1 Å². The van der Waals surface area contributed by atoms with Gasteiger partial charge in [0.05, 0.1) is 14.2 Å². The van der Waals surface area contributed by atoms with Gasteiger partial charge in [-0.2, -0.15) is 0 Å². The summed E-state index contributed by atoms with van der Waals surface area (Å²) in [6.07, 6.45) is 0. The zero-order chi connectivity index (χ0) is 21.8. The van der Waals surface area contributed by atoms with Crippen molar-refractivity contribution in [3.63, 3.8) is 0 Å². The molecule has 3 rings (SSSR count). The van der Waals surface area contributed by atoms with Crippen molar-refractivity contribution in [3.05, 3.63) is 69.0 Å². The van der Waals surface area contributed by atoms with Gasteiger partial charge >= 0.3 is 0 Å². The number of hydrogen-bond donors (Lipinski definition) is 0. The summed E-state index contributed by atoms with van der Waals surface area (Å²) in [5.74, 6) is 1.81. The number of ether oxygens (including phenoxy) is 2. The van der Waals surface area contributed by atoms with Gasteiger partial charge in [0.15, 0.2) is 16.7 Å². The SMILES string of the molecule is COc1ccc([C@H](C[N+](=O)[O-])Sc2nnc(C)n2-c2ccc(C)c(C)c2)cc1OC. The quantitative estimate of drug-likeness (QED) is 0.300. The standard InChI is InChI=1S/C21H24N4O4S/c1-13-6-8-17(10-14(13)2)25-15(3)22-23-21(25)30-20(12-24(26)27)16-7-9-18(28-4)19(11-16)29-5/h6-11,20H,12H2,1-5H3/t20-/m0/s1. The minimum absolute atomic E-state index is 0.265. The molecule has 0 radical (unpaired) electrons. The van der Waals surface area contributed by atoms with Gasteiger partial charge in [-0.25, -0.2) is 0 Å². The normalized spacial score (nSPS) is 11.9. The van der Waals surface area contributed by atoms with Crippen molar-refractivity contribution in [3.8, 4) is 17.2 Å². The highest BCUT2D eigenvalue weighted by molar-refractivity contribution is 7.99. The van der Waals surface area contributed by atoms with Crippen LogP contribution in [0.5, 0.6) is 11.5 Å². The lowest BCUT2D eigenvalue weighted by Gasteiger charge is -2.16. The summed E-state index contributed by atoms with van der Waals surface area (Å²) in [6, 6.07) is 11.4. The second-order valence-electron chi connectivity index (χ2n) is 6.87. The molecule has 2 aromatic carbocycles. The van der Waals surface area contributed by atoms with Gasteiger partial charge in [-0.3, -0.25) is 14.7 Å². The zero-order valence-corrected chi connectivity index (χ0v) is 18.4. The molecule has 0 saturated carbocycles. The predicted octanol–water partition coefficient (Wildman–Crippen LogP) is 4.32. The maximum atomic E-state index is 11.4. The predicted molar refractivity (Wildman–Crippen MR) is 116 cm³/mol. The Kier molecular flexibility index (Phi) is 6.61. The van der Waals surface area contributed by atoms with Crippen molar-refractivity contribution < 1.29 is 14.4 Å². The van der Waals surface area contributed by atoms with Crippen LogP contribution in [0.1, 0.15) is 27.8 Å². The summed E-state index contributed by atoms with van der Waals surface area (Å²) in [4.78, 5) is 11.1. The number of rotatable bonds is 8. The fraction of sp³-hybridized carbons (Fsp3) is 0.333. The van der Waals surface area contributed by atoms with E-state index < -0.39 is 5.25 Å². The highest BCUT2D eigenvalue weighted by Gasteiger charge is 2.25. The number of nitro groups is 1. The third-order valence-electron chi connectivity index (χ3n) is 4.89. The first-order valence-corrected chi connectivity index (χ1v) is 10.2. The number of aryl methyl sites for hydroxylation is 3. The Morgan fingerprint density at radius 1 is 1.03 bits per heavy atom. The summed E-state index contributed by atoms with van der Waals surface area (Å²) < 4.78 is 12.6. The van der Waals surface area contributed by atoms with Gasteiger partial charge in [0, 0.05) is 10.6 Å². The maximum Gasteiger partial charge on any atom is 0.220 e. The molecule has 158 valence electrons. The van der Waals surface area contributed by atoms with E-state index in [0.717, 1.165) is 16.8 Å². The second kappa shape index (κ2) is 9.17. The highest BCUT2D eigenvalue weighted by atomic mass is 32.2. The average molecular weight is 429 g/mol. The molecule has 0 amide bonds. The summed E-state index contributed by atoms with van der Waals surface area (Å²) in [5.41, 5.74) is 4.02. The van der Waals surface area contributed by atoms with Crippen LogP contribution in [0.4, 0.5) is 0 Å². The molecule has 0 saturated heterocycles. The van der Waals surface area contributed by atoms with E-state index >= 15 is 0 Å². The van der Waals surface area contributed by atoms with Crippen LogP contribution in [0.25, 0.3) is 5.69 Å². The van der Waals surface area contributed by atoms with Crippen molar-refractivity contribution >= 4 is 11.8 Å². The highest BCUT2D eigenvalue weighted by Crippen LogP contribution is 2.39. The van der Waals surface area contributed by atoms with Gasteiger partial charge in [0.25, 0.3) is 0 Å². The molecule has 0 aliphatic rings. The Bertz CT molecular complexity index is 1070. The molecule has 1 heterocycles. The fourth-order valence-corrected chi connectivity index (χ4v) is 4.27. The molecule has 0 unspecified atom stereocenters. The van der Waals surface area contributed by atoms with Crippen molar-refractivity contribution in [1.82, 2.24) is 14.8 Å². The minimum atomic E-state index is -0.478. The molecule has 9 heteroatoms. The van der Waals surface area contributed by atoms with Gasteiger partial charge < -0.3 is 9.47 Å². The molecular weight excluding hydrogens is 404 g/mol. The van der Waals surface area contributed by atoms with E-state index in [1.165, 1.54) is 24.4 Å². The van der Waals surface area contributed by atoms with Crippen LogP contribution in [0.3, 0.4) is 0 Å². The Labute approximate surface area is 179 Å². The van der Waals surface area contributed by atoms with E-state index in [4.69, 9.17) is 9.47 Å². The van der Waals surface area contributed by atoms with E-state index in [2.05, 4.69) is 23.2 Å². The summed E-state index contributed by atoms with van der Waals surface area (Å²) in [5, 5.41) is 20.0. The lowest BCUT2D eigenvalue weighted by Crippen LogP contribution is -2.11. The Morgan fingerprint density at radius 3 is 2.40 bits per heavy atom. The van der Waals surface area contributed by atoms with Gasteiger partial charge in [-0.15, -0.1) is 10.2 Å². The minimum Gasteiger partial charge on any atom is -0.493 e. The molecule has 0 aliphatic carbocycles. The molecule has 0 aliphatic heterocycles. The van der Waals surface area contributed by atoms with E-state index in [1.807, 2.05) is 36.6 Å². The summed E-state index contributed by atoms with van der Waals surface area (Å²) in [6.45, 7) is 5.70. The molecule has 1 atom stereocenters. The Hall–Kier alpha value is -3.07. The first kappa shape index (κ1) is 21.6. The maximum absolute atomic E-state index is 11.4. The molecule has 0 spiro atoms. The van der Waals surface area contributed by atoms with Crippen LogP contribution in [-0.2, 0) is 0 Å². The third-order valence-corrected chi connectivity index (χ3v) is 6.07. The van der Waals surface area contributed by atoms with Crippen LogP contribution in [0.15, 0.2) is 41.6 Å². The van der Waals surface area contributed by atoms with E-state index in [1.54, 1.807) is 19.2 Å². The number of aromatic nitrogens is 3. The first-order chi connectivity index (χ1) is 14.3. The molecule has 3 aromatic rings. The smallest absolute Gasteiger partial charge is 0.220 e. The largest absolute Gasteiger partial charge is 0.493 e. The Balaban J connectivity index is 2.01. The van der Waals surface area contributed by atoms with E-state index in [-0.39, 0.29) is 11.5 Å². The molecule has 8 nitrogen and oxygen atoms in total. The fourth-order valence-electron chi connectivity index (χ4n) is 3.11. The number of benzene rings is 2. The Morgan fingerprint density at radius 2 is 1.77 bits per heavy atom. The molecule has 0 fully saturated rings. The molecule has 0 bridgehead atoms. The number of nitrogens with zero attached hydrogens (tertiary/aromatic N) is 4. The van der Waals surface area contributed by atoms with E-state index in [9.17, 15) is 10.1 Å². The van der Waals surface area contributed by atoms with Gasteiger partial charge in [-0.05, 0) is 61.7 Å². The number of hydrogen-bond acceptors (Lipinski definition) is 7. The molecular formula is C21H24N4O4S. The van der Waals surface area contributed by atoms with Crippen LogP contribution in [0.2, 0.25) is 0 Å². The van der Waals surface area contributed by atoms with Crippen LogP contribution in [-0.4, -0.2) is 40.5 Å². The van der Waals surface area contributed by atoms with Crippen molar-refractivity contribution in [1.29, 1.82) is 0 Å². The first-order valence-electron chi connectivity index (χ1n) is 9.34. The summed E-state index contributed by atoms with van der Waals surface area (Å²) in [7, 11) is 3.09. The van der Waals surface area contributed by atoms with Gasteiger partial charge in [-0.1, -0.05) is 23.9 Å². The molecule has 0 N–H and O–H groups in total.